The minimum atomic E-state index is -0.213. The van der Waals surface area contributed by atoms with Crippen molar-refractivity contribution >= 4 is 5.78 Å². The molecule has 0 N–H and O–H groups in total. The maximum absolute atomic E-state index is 12.8. The number of carbonyl (C=O) groups is 1. The summed E-state index contributed by atoms with van der Waals surface area (Å²) in [5.74, 6) is 0.828. The van der Waals surface area contributed by atoms with Crippen molar-refractivity contribution in [2.24, 2.45) is 5.92 Å². The molecule has 1 rings (SSSR count). The Hall–Kier alpha value is -0.370. The lowest BCUT2D eigenvalue weighted by molar-refractivity contribution is -0.135. The van der Waals surface area contributed by atoms with Gasteiger partial charge in [0.25, 0.3) is 0 Å². The van der Waals surface area contributed by atoms with E-state index in [2.05, 4.69) is 32.8 Å². The Balaban J connectivity index is 2.82. The van der Waals surface area contributed by atoms with E-state index in [4.69, 9.17) is 0 Å². The molecule has 0 saturated heterocycles. The number of ketones is 1. The molecule has 2 nitrogen and oxygen atoms in total. The molecule has 1 fully saturated rings. The first kappa shape index (κ1) is 14.7. The SMILES string of the molecule is CCC(CC)(C(=O)C1CCCCCC1)N(C)C. The van der Waals surface area contributed by atoms with E-state index in [1.165, 1.54) is 25.7 Å². The van der Waals surface area contributed by atoms with Gasteiger partial charge in [-0.25, -0.2) is 0 Å². The summed E-state index contributed by atoms with van der Waals surface area (Å²) in [5.41, 5.74) is -0.213. The van der Waals surface area contributed by atoms with Crippen LogP contribution in [-0.4, -0.2) is 30.3 Å². The summed E-state index contributed by atoms with van der Waals surface area (Å²) in [6.45, 7) is 4.30. The molecule has 0 aromatic carbocycles. The third-order valence-corrected chi connectivity index (χ3v) is 4.71. The summed E-state index contributed by atoms with van der Waals surface area (Å²) in [6, 6.07) is 0. The van der Waals surface area contributed by atoms with Crippen molar-refractivity contribution in [3.05, 3.63) is 0 Å². The van der Waals surface area contributed by atoms with Gasteiger partial charge in [-0.1, -0.05) is 39.5 Å². The van der Waals surface area contributed by atoms with Crippen LogP contribution < -0.4 is 0 Å². The fourth-order valence-electron chi connectivity index (χ4n) is 3.37. The largest absolute Gasteiger partial charge is 0.297 e. The smallest absolute Gasteiger partial charge is 0.156 e. The first-order chi connectivity index (χ1) is 8.08. The van der Waals surface area contributed by atoms with Gasteiger partial charge >= 0.3 is 0 Å². The van der Waals surface area contributed by atoms with Crippen molar-refractivity contribution in [1.82, 2.24) is 4.90 Å². The number of carbonyl (C=O) groups excluding carboxylic acids is 1. The van der Waals surface area contributed by atoms with E-state index in [-0.39, 0.29) is 5.54 Å². The molecule has 0 aliphatic heterocycles. The van der Waals surface area contributed by atoms with Gasteiger partial charge in [0.2, 0.25) is 0 Å². The zero-order valence-electron chi connectivity index (χ0n) is 12.1. The second kappa shape index (κ2) is 6.53. The Kier molecular flexibility index (Phi) is 5.64. The minimum absolute atomic E-state index is 0.213. The molecule has 0 heterocycles. The van der Waals surface area contributed by atoms with Gasteiger partial charge in [0.05, 0.1) is 5.54 Å². The Morgan fingerprint density at radius 2 is 1.53 bits per heavy atom. The summed E-state index contributed by atoms with van der Waals surface area (Å²) in [5, 5.41) is 0. The Morgan fingerprint density at radius 1 is 1.06 bits per heavy atom. The Morgan fingerprint density at radius 3 is 1.88 bits per heavy atom. The normalized spacial score (nSPS) is 19.4. The molecule has 1 aliphatic carbocycles. The summed E-state index contributed by atoms with van der Waals surface area (Å²) in [7, 11) is 4.11. The first-order valence-corrected chi connectivity index (χ1v) is 7.30. The second-order valence-electron chi connectivity index (χ2n) is 5.69. The summed E-state index contributed by atoms with van der Waals surface area (Å²) < 4.78 is 0. The van der Waals surface area contributed by atoms with E-state index in [1.807, 2.05) is 0 Å². The highest BCUT2D eigenvalue weighted by molar-refractivity contribution is 5.90. The predicted octanol–water partition coefficient (Wildman–Crippen LogP) is 3.65. The van der Waals surface area contributed by atoms with Gasteiger partial charge in [-0.15, -0.1) is 0 Å². The highest BCUT2D eigenvalue weighted by atomic mass is 16.1. The third kappa shape index (κ3) is 3.09. The molecule has 17 heavy (non-hydrogen) atoms. The standard InChI is InChI=1S/C15H29NO/c1-5-15(6-2,16(3)4)14(17)13-11-9-7-8-10-12-13/h13H,5-12H2,1-4H3. The van der Waals surface area contributed by atoms with Gasteiger partial charge in [-0.3, -0.25) is 9.69 Å². The molecule has 0 amide bonds. The lowest BCUT2D eigenvalue weighted by Gasteiger charge is -2.39. The molecular formula is C15H29NO. The summed E-state index contributed by atoms with van der Waals surface area (Å²) in [6.07, 6.45) is 9.23. The van der Waals surface area contributed by atoms with Crippen LogP contribution in [0.25, 0.3) is 0 Å². The minimum Gasteiger partial charge on any atom is -0.297 e. The second-order valence-corrected chi connectivity index (χ2v) is 5.69. The van der Waals surface area contributed by atoms with E-state index in [9.17, 15) is 4.79 Å². The molecule has 2 heteroatoms. The zero-order chi connectivity index (χ0) is 12.9. The Bertz CT molecular complexity index is 235. The van der Waals surface area contributed by atoms with E-state index < -0.39 is 0 Å². The third-order valence-electron chi connectivity index (χ3n) is 4.71. The van der Waals surface area contributed by atoms with Crippen molar-refractivity contribution < 1.29 is 4.79 Å². The van der Waals surface area contributed by atoms with Crippen LogP contribution >= 0.6 is 0 Å². The summed E-state index contributed by atoms with van der Waals surface area (Å²) >= 11 is 0. The molecule has 100 valence electrons. The highest BCUT2D eigenvalue weighted by Gasteiger charge is 2.40. The van der Waals surface area contributed by atoms with Crippen molar-refractivity contribution in [2.75, 3.05) is 14.1 Å². The quantitative estimate of drug-likeness (QED) is 0.683. The van der Waals surface area contributed by atoms with E-state index in [1.54, 1.807) is 0 Å². The predicted molar refractivity (Wildman–Crippen MR) is 73.2 cm³/mol. The highest BCUT2D eigenvalue weighted by Crippen LogP contribution is 2.32. The Labute approximate surface area is 107 Å². The molecule has 1 aliphatic rings. The molecule has 0 spiro atoms. The zero-order valence-corrected chi connectivity index (χ0v) is 12.1. The lowest BCUT2D eigenvalue weighted by atomic mass is 9.78. The van der Waals surface area contributed by atoms with E-state index in [0.717, 1.165) is 25.7 Å². The van der Waals surface area contributed by atoms with Crippen molar-refractivity contribution in [1.29, 1.82) is 0 Å². The van der Waals surface area contributed by atoms with Gasteiger partial charge in [0.15, 0.2) is 5.78 Å². The van der Waals surface area contributed by atoms with Gasteiger partial charge in [-0.2, -0.15) is 0 Å². The molecule has 1 saturated carbocycles. The average Bonchev–Trinajstić information content (AvgIpc) is 2.59. The fourth-order valence-corrected chi connectivity index (χ4v) is 3.37. The van der Waals surface area contributed by atoms with Crippen LogP contribution in [0.15, 0.2) is 0 Å². The van der Waals surface area contributed by atoms with Crippen LogP contribution in [-0.2, 0) is 4.79 Å². The number of Topliss-reactive ketones (excluding diaryl/α,β-unsaturated/α-hetero) is 1. The van der Waals surface area contributed by atoms with Crippen LogP contribution in [0.5, 0.6) is 0 Å². The average molecular weight is 239 g/mol. The monoisotopic (exact) mass is 239 g/mol. The maximum Gasteiger partial charge on any atom is 0.156 e. The van der Waals surface area contributed by atoms with E-state index in [0.29, 0.717) is 11.7 Å². The summed E-state index contributed by atoms with van der Waals surface area (Å²) in [4.78, 5) is 15.0. The maximum atomic E-state index is 12.8. The van der Waals surface area contributed by atoms with Crippen LogP contribution in [0.3, 0.4) is 0 Å². The fraction of sp³-hybridized carbons (Fsp3) is 0.933. The molecule has 0 aromatic rings. The number of hydrogen-bond acceptors (Lipinski definition) is 2. The van der Waals surface area contributed by atoms with Crippen LogP contribution in [0.2, 0.25) is 0 Å². The lowest BCUT2D eigenvalue weighted by Crippen LogP contribution is -2.52. The van der Waals surface area contributed by atoms with Crippen molar-refractivity contribution in [2.45, 2.75) is 70.8 Å². The molecule has 0 atom stereocenters. The number of rotatable bonds is 5. The van der Waals surface area contributed by atoms with Crippen LogP contribution in [0.4, 0.5) is 0 Å². The van der Waals surface area contributed by atoms with Crippen LogP contribution in [0, 0.1) is 5.92 Å². The van der Waals surface area contributed by atoms with E-state index >= 15 is 0 Å². The van der Waals surface area contributed by atoms with Gasteiger partial charge in [0.1, 0.15) is 0 Å². The molecule has 0 aromatic heterocycles. The first-order valence-electron chi connectivity index (χ1n) is 7.30. The molecule has 0 unspecified atom stereocenters. The van der Waals surface area contributed by atoms with Gasteiger partial charge in [0, 0.05) is 5.92 Å². The molecular weight excluding hydrogens is 210 g/mol. The van der Waals surface area contributed by atoms with Crippen molar-refractivity contribution in [3.8, 4) is 0 Å². The number of nitrogens with zero attached hydrogens (tertiary/aromatic N) is 1. The topological polar surface area (TPSA) is 20.3 Å². The number of likely N-dealkylation sites (N-methyl/N-ethyl adjacent to an activating group) is 1. The van der Waals surface area contributed by atoms with Crippen molar-refractivity contribution in [3.63, 3.8) is 0 Å². The van der Waals surface area contributed by atoms with Gasteiger partial charge in [-0.05, 0) is 39.8 Å². The number of hydrogen-bond donors (Lipinski definition) is 0. The molecule has 0 radical (unpaired) electrons. The van der Waals surface area contributed by atoms with Crippen LogP contribution in [0.1, 0.15) is 65.2 Å². The van der Waals surface area contributed by atoms with Gasteiger partial charge < -0.3 is 0 Å². The molecule has 0 bridgehead atoms.